The average molecular weight is 242 g/mol. The zero-order valence-corrected chi connectivity index (χ0v) is 12.5. The maximum atomic E-state index is 5.65. The zero-order valence-electron chi connectivity index (χ0n) is 12.5. The highest BCUT2D eigenvalue weighted by atomic mass is 16.5. The van der Waals surface area contributed by atoms with Gasteiger partial charge in [-0.15, -0.1) is 0 Å². The topological polar surface area (TPSA) is 9.23 Å². The van der Waals surface area contributed by atoms with Crippen LogP contribution >= 0.6 is 0 Å². The molecule has 0 aromatic carbocycles. The Morgan fingerprint density at radius 1 is 0.765 bits per heavy atom. The third-order valence-electron chi connectivity index (χ3n) is 3.50. The predicted octanol–water partition coefficient (Wildman–Crippen LogP) is 5.58. The molecule has 0 saturated heterocycles. The Kier molecular flexibility index (Phi) is 14.0. The normalized spacial score (nSPS) is 12.9. The minimum absolute atomic E-state index is 0.803. The minimum Gasteiger partial charge on any atom is -0.381 e. The van der Waals surface area contributed by atoms with E-state index in [1.165, 1.54) is 57.8 Å². The summed E-state index contributed by atoms with van der Waals surface area (Å²) in [5, 5.41) is 0. The van der Waals surface area contributed by atoms with E-state index in [0.717, 1.165) is 25.6 Å². The second kappa shape index (κ2) is 14.0. The summed E-state index contributed by atoms with van der Waals surface area (Å²) in [4.78, 5) is 0. The highest BCUT2D eigenvalue weighted by Crippen LogP contribution is 2.15. The van der Waals surface area contributed by atoms with Gasteiger partial charge in [0.1, 0.15) is 0 Å². The van der Waals surface area contributed by atoms with Crippen LogP contribution in [-0.2, 0) is 4.74 Å². The fourth-order valence-corrected chi connectivity index (χ4v) is 2.19. The smallest absolute Gasteiger partial charge is 0.0494 e. The molecule has 1 unspecified atom stereocenters. The van der Waals surface area contributed by atoms with Crippen molar-refractivity contribution in [3.05, 3.63) is 0 Å². The number of rotatable bonds is 13. The molecule has 0 aromatic rings. The predicted molar refractivity (Wildman–Crippen MR) is 77.5 cm³/mol. The van der Waals surface area contributed by atoms with Gasteiger partial charge in [-0.25, -0.2) is 0 Å². The Labute approximate surface area is 109 Å². The number of hydrogen-bond donors (Lipinski definition) is 0. The van der Waals surface area contributed by atoms with E-state index in [1.807, 2.05) is 0 Å². The Morgan fingerprint density at radius 3 is 2.00 bits per heavy atom. The van der Waals surface area contributed by atoms with Crippen molar-refractivity contribution in [1.29, 1.82) is 0 Å². The Morgan fingerprint density at radius 2 is 1.41 bits per heavy atom. The number of unbranched alkanes of at least 4 members (excludes halogenated alkanes) is 6. The van der Waals surface area contributed by atoms with Crippen LogP contribution in [0.25, 0.3) is 0 Å². The summed E-state index contributed by atoms with van der Waals surface area (Å²) in [7, 11) is 0. The molecular formula is C16H34O. The fraction of sp³-hybridized carbons (Fsp3) is 1.00. The summed E-state index contributed by atoms with van der Waals surface area (Å²) < 4.78 is 5.65. The third kappa shape index (κ3) is 12.2. The first kappa shape index (κ1) is 17.0. The first-order valence-corrected chi connectivity index (χ1v) is 7.92. The van der Waals surface area contributed by atoms with Gasteiger partial charge in [0.25, 0.3) is 0 Å². The highest BCUT2D eigenvalue weighted by Gasteiger charge is 2.05. The van der Waals surface area contributed by atoms with Crippen molar-refractivity contribution in [3.8, 4) is 0 Å². The van der Waals surface area contributed by atoms with Crippen molar-refractivity contribution in [2.75, 3.05) is 13.2 Å². The molecule has 0 N–H and O–H groups in total. The maximum absolute atomic E-state index is 5.65. The lowest BCUT2D eigenvalue weighted by atomic mass is 9.98. The van der Waals surface area contributed by atoms with Gasteiger partial charge in [-0.1, -0.05) is 72.1 Å². The largest absolute Gasteiger partial charge is 0.381 e. The van der Waals surface area contributed by atoms with E-state index >= 15 is 0 Å². The lowest BCUT2D eigenvalue weighted by Crippen LogP contribution is -2.09. The van der Waals surface area contributed by atoms with Crippen molar-refractivity contribution in [2.24, 2.45) is 5.92 Å². The monoisotopic (exact) mass is 242 g/mol. The molecule has 0 rings (SSSR count). The lowest BCUT2D eigenvalue weighted by molar-refractivity contribution is 0.0942. The first-order valence-electron chi connectivity index (χ1n) is 7.92. The van der Waals surface area contributed by atoms with E-state index in [0.29, 0.717) is 0 Å². The first-order chi connectivity index (χ1) is 8.35. The number of ether oxygens (including phenoxy) is 1. The summed E-state index contributed by atoms with van der Waals surface area (Å²) in [5.74, 6) is 0.803. The molecule has 104 valence electrons. The highest BCUT2D eigenvalue weighted by molar-refractivity contribution is 4.57. The van der Waals surface area contributed by atoms with Crippen LogP contribution in [0.5, 0.6) is 0 Å². The van der Waals surface area contributed by atoms with Crippen molar-refractivity contribution >= 4 is 0 Å². The molecule has 0 aromatic heterocycles. The van der Waals surface area contributed by atoms with E-state index in [-0.39, 0.29) is 0 Å². The van der Waals surface area contributed by atoms with Crippen LogP contribution in [0.3, 0.4) is 0 Å². The molecule has 0 aliphatic carbocycles. The minimum atomic E-state index is 0.803. The molecule has 1 atom stereocenters. The van der Waals surface area contributed by atoms with Crippen molar-refractivity contribution < 1.29 is 4.74 Å². The molecular weight excluding hydrogens is 208 g/mol. The average Bonchev–Trinajstić information content (AvgIpc) is 2.35. The quantitative estimate of drug-likeness (QED) is 0.383. The second-order valence-corrected chi connectivity index (χ2v) is 5.26. The van der Waals surface area contributed by atoms with Crippen LogP contribution in [0.1, 0.15) is 85.0 Å². The molecule has 1 nitrogen and oxygen atoms in total. The van der Waals surface area contributed by atoms with E-state index in [2.05, 4.69) is 20.8 Å². The van der Waals surface area contributed by atoms with E-state index < -0.39 is 0 Å². The summed E-state index contributed by atoms with van der Waals surface area (Å²) >= 11 is 0. The molecule has 0 aliphatic rings. The van der Waals surface area contributed by atoms with Crippen LogP contribution in [0.15, 0.2) is 0 Å². The molecule has 0 radical (unpaired) electrons. The second-order valence-electron chi connectivity index (χ2n) is 5.26. The van der Waals surface area contributed by atoms with Gasteiger partial charge in [0.05, 0.1) is 0 Å². The Bertz CT molecular complexity index is 133. The van der Waals surface area contributed by atoms with Crippen LogP contribution in [0.4, 0.5) is 0 Å². The maximum Gasteiger partial charge on any atom is 0.0494 e. The summed E-state index contributed by atoms with van der Waals surface area (Å²) in [6.45, 7) is 8.67. The zero-order chi connectivity index (χ0) is 12.8. The van der Waals surface area contributed by atoms with E-state index in [4.69, 9.17) is 4.74 Å². The van der Waals surface area contributed by atoms with Gasteiger partial charge in [-0.3, -0.25) is 0 Å². The van der Waals surface area contributed by atoms with Gasteiger partial charge in [0.2, 0.25) is 0 Å². The van der Waals surface area contributed by atoms with Crippen LogP contribution in [-0.4, -0.2) is 13.2 Å². The van der Waals surface area contributed by atoms with Crippen molar-refractivity contribution in [1.82, 2.24) is 0 Å². The fourth-order valence-electron chi connectivity index (χ4n) is 2.19. The van der Waals surface area contributed by atoms with Crippen molar-refractivity contribution in [3.63, 3.8) is 0 Å². The molecule has 0 spiro atoms. The van der Waals surface area contributed by atoms with Crippen LogP contribution in [0, 0.1) is 5.92 Å². The Hall–Kier alpha value is -0.0400. The molecule has 0 bridgehead atoms. The SMILES string of the molecule is CCCCCCCCCC(CC)COCCC. The summed E-state index contributed by atoms with van der Waals surface area (Å²) in [5.41, 5.74) is 0. The van der Waals surface area contributed by atoms with E-state index in [1.54, 1.807) is 0 Å². The van der Waals surface area contributed by atoms with Gasteiger partial charge in [-0.05, 0) is 18.8 Å². The standard InChI is InChI=1S/C16H34O/c1-4-7-8-9-10-11-12-13-16(6-3)15-17-14-5-2/h16H,4-15H2,1-3H3. The third-order valence-corrected chi connectivity index (χ3v) is 3.50. The lowest BCUT2D eigenvalue weighted by Gasteiger charge is -2.14. The van der Waals surface area contributed by atoms with Gasteiger partial charge in [-0.2, -0.15) is 0 Å². The van der Waals surface area contributed by atoms with Crippen LogP contribution in [0.2, 0.25) is 0 Å². The van der Waals surface area contributed by atoms with Gasteiger partial charge >= 0.3 is 0 Å². The molecule has 0 aliphatic heterocycles. The molecule has 0 heterocycles. The molecule has 0 saturated carbocycles. The summed E-state index contributed by atoms with van der Waals surface area (Å²) in [6, 6.07) is 0. The van der Waals surface area contributed by atoms with Crippen LogP contribution < -0.4 is 0 Å². The molecule has 0 amide bonds. The van der Waals surface area contributed by atoms with Gasteiger partial charge in [0.15, 0.2) is 0 Å². The van der Waals surface area contributed by atoms with E-state index in [9.17, 15) is 0 Å². The molecule has 17 heavy (non-hydrogen) atoms. The Balaban J connectivity index is 3.25. The molecule has 0 fully saturated rings. The van der Waals surface area contributed by atoms with Gasteiger partial charge < -0.3 is 4.74 Å². The van der Waals surface area contributed by atoms with Gasteiger partial charge in [0, 0.05) is 13.2 Å². The van der Waals surface area contributed by atoms with Crippen molar-refractivity contribution in [2.45, 2.75) is 85.0 Å². The molecule has 1 heteroatoms. The number of hydrogen-bond acceptors (Lipinski definition) is 1. The summed E-state index contributed by atoms with van der Waals surface area (Å²) in [6.07, 6.45) is 13.7.